The van der Waals surface area contributed by atoms with Crippen LogP contribution in [0, 0.1) is 12.9 Å². The minimum atomic E-state index is -0.570. The maximum absolute atomic E-state index is 12.7. The topological polar surface area (TPSA) is 39.2 Å². The standard InChI is InChI=1S/C9H10FNO2/c1-6-3-7(5-9(12)13-2)11-8(10)4-6/h3-4H,5H2,1-2H3. The Kier molecular flexibility index (Phi) is 2.95. The van der Waals surface area contributed by atoms with Crippen LogP contribution in [-0.2, 0) is 16.0 Å². The van der Waals surface area contributed by atoms with Gasteiger partial charge in [-0.25, -0.2) is 4.98 Å². The Hall–Kier alpha value is -1.45. The largest absolute Gasteiger partial charge is 0.469 e. The predicted octanol–water partition coefficient (Wildman–Crippen LogP) is 1.24. The van der Waals surface area contributed by atoms with Gasteiger partial charge in [-0.15, -0.1) is 0 Å². The molecule has 13 heavy (non-hydrogen) atoms. The highest BCUT2D eigenvalue weighted by atomic mass is 19.1. The smallest absolute Gasteiger partial charge is 0.311 e. The number of aryl methyl sites for hydroxylation is 1. The number of esters is 1. The second kappa shape index (κ2) is 3.98. The fourth-order valence-electron chi connectivity index (χ4n) is 1.00. The number of nitrogens with zero attached hydrogens (tertiary/aromatic N) is 1. The molecule has 0 aromatic carbocycles. The lowest BCUT2D eigenvalue weighted by Crippen LogP contribution is -2.07. The Morgan fingerprint density at radius 1 is 1.62 bits per heavy atom. The summed E-state index contributed by atoms with van der Waals surface area (Å²) in [6, 6.07) is 2.96. The van der Waals surface area contributed by atoms with Crippen molar-refractivity contribution in [2.24, 2.45) is 0 Å². The number of halogens is 1. The van der Waals surface area contributed by atoms with Gasteiger partial charge in [0.2, 0.25) is 5.95 Å². The zero-order valence-electron chi connectivity index (χ0n) is 7.50. The summed E-state index contributed by atoms with van der Waals surface area (Å²) in [5, 5.41) is 0. The Morgan fingerprint density at radius 2 is 2.31 bits per heavy atom. The highest BCUT2D eigenvalue weighted by Gasteiger charge is 2.05. The van der Waals surface area contributed by atoms with E-state index in [9.17, 15) is 9.18 Å². The molecule has 1 heterocycles. The molecule has 0 aliphatic rings. The zero-order valence-corrected chi connectivity index (χ0v) is 7.50. The van der Waals surface area contributed by atoms with Gasteiger partial charge in [0.05, 0.1) is 19.2 Å². The molecule has 0 radical (unpaired) electrons. The second-order valence-electron chi connectivity index (χ2n) is 2.71. The average molecular weight is 183 g/mol. The summed E-state index contributed by atoms with van der Waals surface area (Å²) in [7, 11) is 1.29. The Morgan fingerprint density at radius 3 is 2.85 bits per heavy atom. The highest BCUT2D eigenvalue weighted by Crippen LogP contribution is 2.04. The van der Waals surface area contributed by atoms with Crippen LogP contribution in [-0.4, -0.2) is 18.1 Å². The number of hydrogen-bond acceptors (Lipinski definition) is 3. The molecule has 0 atom stereocenters. The molecule has 70 valence electrons. The molecule has 0 bridgehead atoms. The summed E-state index contributed by atoms with van der Waals surface area (Å²) in [5.41, 5.74) is 1.13. The van der Waals surface area contributed by atoms with Crippen molar-refractivity contribution in [3.63, 3.8) is 0 Å². The summed E-state index contributed by atoms with van der Waals surface area (Å²) in [6.07, 6.45) is 0.00903. The van der Waals surface area contributed by atoms with Crippen LogP contribution in [0.3, 0.4) is 0 Å². The Balaban J connectivity index is 2.83. The summed E-state index contributed by atoms with van der Waals surface area (Å²) in [4.78, 5) is 14.4. The van der Waals surface area contributed by atoms with Gasteiger partial charge in [0, 0.05) is 0 Å². The van der Waals surface area contributed by atoms with Crippen LogP contribution in [0.25, 0.3) is 0 Å². The van der Waals surface area contributed by atoms with Gasteiger partial charge >= 0.3 is 5.97 Å². The predicted molar refractivity (Wildman–Crippen MR) is 44.7 cm³/mol. The molecule has 0 aliphatic heterocycles. The van der Waals surface area contributed by atoms with Crippen molar-refractivity contribution in [3.8, 4) is 0 Å². The van der Waals surface area contributed by atoms with Gasteiger partial charge < -0.3 is 4.74 Å². The van der Waals surface area contributed by atoms with E-state index in [0.717, 1.165) is 5.56 Å². The van der Waals surface area contributed by atoms with E-state index in [1.165, 1.54) is 13.2 Å². The lowest BCUT2D eigenvalue weighted by atomic mass is 10.2. The molecule has 0 unspecified atom stereocenters. The van der Waals surface area contributed by atoms with Gasteiger partial charge in [0.1, 0.15) is 0 Å². The fraction of sp³-hybridized carbons (Fsp3) is 0.333. The molecule has 0 amide bonds. The SMILES string of the molecule is COC(=O)Cc1cc(C)cc(F)n1. The molecule has 0 aliphatic carbocycles. The monoisotopic (exact) mass is 183 g/mol. The molecular formula is C9H10FNO2. The van der Waals surface area contributed by atoms with Crippen LogP contribution in [0.5, 0.6) is 0 Å². The van der Waals surface area contributed by atoms with Crippen LogP contribution < -0.4 is 0 Å². The number of hydrogen-bond donors (Lipinski definition) is 0. The van der Waals surface area contributed by atoms with Crippen LogP contribution in [0.15, 0.2) is 12.1 Å². The van der Waals surface area contributed by atoms with E-state index in [4.69, 9.17) is 0 Å². The number of carbonyl (C=O) groups is 1. The van der Waals surface area contributed by atoms with Gasteiger partial charge in [-0.2, -0.15) is 4.39 Å². The summed E-state index contributed by atoms with van der Waals surface area (Å²) >= 11 is 0. The number of rotatable bonds is 2. The molecule has 1 aromatic heterocycles. The average Bonchev–Trinajstić information content (AvgIpc) is 2.02. The first kappa shape index (κ1) is 9.64. The lowest BCUT2D eigenvalue weighted by molar-refractivity contribution is -0.139. The molecular weight excluding hydrogens is 173 g/mol. The van der Waals surface area contributed by atoms with E-state index in [2.05, 4.69) is 9.72 Å². The summed E-state index contributed by atoms with van der Waals surface area (Å²) < 4.78 is 17.2. The van der Waals surface area contributed by atoms with Crippen molar-refractivity contribution in [1.82, 2.24) is 4.98 Å². The molecule has 1 rings (SSSR count). The molecule has 0 fully saturated rings. The molecule has 3 nitrogen and oxygen atoms in total. The van der Waals surface area contributed by atoms with Crippen molar-refractivity contribution >= 4 is 5.97 Å². The van der Waals surface area contributed by atoms with Crippen LogP contribution in [0.2, 0.25) is 0 Å². The molecule has 0 saturated heterocycles. The second-order valence-corrected chi connectivity index (χ2v) is 2.71. The normalized spacial score (nSPS) is 9.77. The quantitative estimate of drug-likeness (QED) is 0.511. The third-order valence-electron chi connectivity index (χ3n) is 1.54. The molecule has 4 heteroatoms. The first-order chi connectivity index (χ1) is 6.11. The maximum Gasteiger partial charge on any atom is 0.311 e. The number of pyridine rings is 1. The first-order valence-corrected chi connectivity index (χ1v) is 3.81. The summed E-state index contributed by atoms with van der Waals surface area (Å²) in [5.74, 6) is -0.989. The molecule has 1 aromatic rings. The third-order valence-corrected chi connectivity index (χ3v) is 1.54. The van der Waals surface area contributed by atoms with E-state index in [-0.39, 0.29) is 6.42 Å². The number of aromatic nitrogens is 1. The van der Waals surface area contributed by atoms with Crippen LogP contribution in [0.1, 0.15) is 11.3 Å². The van der Waals surface area contributed by atoms with E-state index in [0.29, 0.717) is 5.69 Å². The number of ether oxygens (including phenoxy) is 1. The number of methoxy groups -OCH3 is 1. The lowest BCUT2D eigenvalue weighted by Gasteiger charge is -2.00. The first-order valence-electron chi connectivity index (χ1n) is 3.81. The molecule has 0 saturated carbocycles. The van der Waals surface area contributed by atoms with Gasteiger partial charge in [-0.3, -0.25) is 4.79 Å². The van der Waals surface area contributed by atoms with Crippen molar-refractivity contribution in [1.29, 1.82) is 0 Å². The van der Waals surface area contributed by atoms with Gasteiger partial charge in [0.15, 0.2) is 0 Å². The Bertz CT molecular complexity index is 305. The Labute approximate surface area is 75.6 Å². The molecule has 0 N–H and O–H groups in total. The van der Waals surface area contributed by atoms with E-state index < -0.39 is 11.9 Å². The van der Waals surface area contributed by atoms with E-state index in [1.54, 1.807) is 13.0 Å². The van der Waals surface area contributed by atoms with E-state index in [1.807, 2.05) is 0 Å². The zero-order chi connectivity index (χ0) is 9.84. The third kappa shape index (κ3) is 2.82. The number of carbonyl (C=O) groups excluding carboxylic acids is 1. The van der Waals surface area contributed by atoms with Crippen molar-refractivity contribution in [2.45, 2.75) is 13.3 Å². The van der Waals surface area contributed by atoms with Gasteiger partial charge in [-0.05, 0) is 24.6 Å². The minimum Gasteiger partial charge on any atom is -0.469 e. The summed E-state index contributed by atoms with van der Waals surface area (Å²) in [6.45, 7) is 1.74. The van der Waals surface area contributed by atoms with Gasteiger partial charge in [-0.1, -0.05) is 0 Å². The van der Waals surface area contributed by atoms with Crippen LogP contribution in [0.4, 0.5) is 4.39 Å². The van der Waals surface area contributed by atoms with Crippen LogP contribution >= 0.6 is 0 Å². The van der Waals surface area contributed by atoms with Crippen molar-refractivity contribution in [2.75, 3.05) is 7.11 Å². The maximum atomic E-state index is 12.7. The fourth-order valence-corrected chi connectivity index (χ4v) is 1.00. The highest BCUT2D eigenvalue weighted by molar-refractivity contribution is 5.71. The van der Waals surface area contributed by atoms with Crippen molar-refractivity contribution in [3.05, 3.63) is 29.3 Å². The van der Waals surface area contributed by atoms with E-state index >= 15 is 0 Å². The molecule has 0 spiro atoms. The van der Waals surface area contributed by atoms with Gasteiger partial charge in [0.25, 0.3) is 0 Å². The van der Waals surface area contributed by atoms with Crippen molar-refractivity contribution < 1.29 is 13.9 Å². The minimum absolute atomic E-state index is 0.00903.